The van der Waals surface area contributed by atoms with E-state index in [9.17, 15) is 14.7 Å². The molecule has 0 aliphatic carbocycles. The van der Waals surface area contributed by atoms with Gasteiger partial charge in [0.05, 0.1) is 25.4 Å². The molecule has 2 aromatic rings. The van der Waals surface area contributed by atoms with E-state index in [0.29, 0.717) is 11.7 Å². The smallest absolute Gasteiger partial charge is 0.325 e. The van der Waals surface area contributed by atoms with Crippen LogP contribution in [0, 0.1) is 5.92 Å². The Kier molecular flexibility index (Phi) is 11.0. The van der Waals surface area contributed by atoms with Crippen molar-refractivity contribution in [2.45, 2.75) is 70.7 Å². The number of hydrogen-bond donors (Lipinski definition) is 3. The number of likely N-dealkylation sites (tertiary alicyclic amines) is 2. The molecule has 10 nitrogen and oxygen atoms in total. The zero-order valence-electron chi connectivity index (χ0n) is 25.4. The molecule has 0 radical (unpaired) electrons. The van der Waals surface area contributed by atoms with Crippen LogP contribution in [0.2, 0.25) is 0 Å². The van der Waals surface area contributed by atoms with E-state index in [1.807, 2.05) is 42.5 Å². The van der Waals surface area contributed by atoms with Crippen LogP contribution in [0.4, 0.5) is 10.5 Å². The first-order chi connectivity index (χ1) is 20.9. The number of hydrogen-bond acceptors (Lipinski definition) is 8. The van der Waals surface area contributed by atoms with Gasteiger partial charge in [-0.15, -0.1) is 0 Å². The van der Waals surface area contributed by atoms with E-state index in [4.69, 9.17) is 14.2 Å². The lowest BCUT2D eigenvalue weighted by Gasteiger charge is -2.43. The summed E-state index contributed by atoms with van der Waals surface area (Å²) in [5.74, 6) is -0.395. The summed E-state index contributed by atoms with van der Waals surface area (Å²) in [5, 5.41) is 14.9. The van der Waals surface area contributed by atoms with E-state index in [1.54, 1.807) is 13.0 Å². The quantitative estimate of drug-likeness (QED) is 0.332. The number of ether oxygens (including phenoxy) is 3. The summed E-state index contributed by atoms with van der Waals surface area (Å²) in [6, 6.07) is 15.4. The molecule has 5 atom stereocenters. The minimum Gasteiger partial charge on any atom is -0.465 e. The molecule has 0 spiro atoms. The van der Waals surface area contributed by atoms with Gasteiger partial charge in [0.25, 0.3) is 0 Å². The van der Waals surface area contributed by atoms with Crippen LogP contribution in [-0.4, -0.2) is 84.9 Å². The Bertz CT molecular complexity index is 1200. The van der Waals surface area contributed by atoms with Crippen LogP contribution in [-0.2, 0) is 25.6 Å². The number of anilines is 1. The molecule has 3 saturated heterocycles. The molecule has 3 aliphatic rings. The van der Waals surface area contributed by atoms with Gasteiger partial charge in [-0.25, -0.2) is 4.79 Å². The second kappa shape index (κ2) is 15.1. The molecule has 234 valence electrons. The second-order valence-corrected chi connectivity index (χ2v) is 11.9. The van der Waals surface area contributed by atoms with E-state index in [0.717, 1.165) is 36.3 Å². The summed E-state index contributed by atoms with van der Waals surface area (Å²) in [7, 11) is 0. The summed E-state index contributed by atoms with van der Waals surface area (Å²) < 4.78 is 18.2. The number of aliphatic hydroxyl groups is 1. The maximum absolute atomic E-state index is 12.4. The van der Waals surface area contributed by atoms with E-state index in [1.165, 1.54) is 38.8 Å². The third-order valence-corrected chi connectivity index (χ3v) is 8.82. The minimum absolute atomic E-state index is 0.00373. The maximum Gasteiger partial charge on any atom is 0.325 e. The maximum atomic E-state index is 12.4. The number of rotatable bonds is 11. The molecule has 5 rings (SSSR count). The van der Waals surface area contributed by atoms with Crippen LogP contribution in [0.3, 0.4) is 0 Å². The molecule has 3 heterocycles. The average molecular weight is 595 g/mol. The highest BCUT2D eigenvalue weighted by Crippen LogP contribution is 2.42. The Balaban J connectivity index is 1.32. The van der Waals surface area contributed by atoms with E-state index in [2.05, 4.69) is 27.4 Å². The highest BCUT2D eigenvalue weighted by molar-refractivity contribution is 5.91. The molecule has 0 unspecified atom stereocenters. The van der Waals surface area contributed by atoms with Crippen molar-refractivity contribution in [2.75, 3.05) is 51.2 Å². The van der Waals surface area contributed by atoms with E-state index in [-0.39, 0.29) is 37.9 Å². The van der Waals surface area contributed by atoms with Crippen molar-refractivity contribution < 1.29 is 28.9 Å². The first-order valence-electron chi connectivity index (χ1n) is 15.7. The van der Waals surface area contributed by atoms with Gasteiger partial charge in [-0.2, -0.15) is 0 Å². The normalized spacial score (nSPS) is 26.3. The average Bonchev–Trinajstić information content (AvgIpc) is 3.70. The number of carbonyl (C=O) groups is 2. The first kappa shape index (κ1) is 31.4. The number of carbonyl (C=O) groups excluding carboxylic acids is 2. The van der Waals surface area contributed by atoms with Gasteiger partial charge < -0.3 is 34.9 Å². The predicted octanol–water partition coefficient (Wildman–Crippen LogP) is 4.22. The lowest BCUT2D eigenvalue weighted by molar-refractivity contribution is -0.276. The fraction of sp³-hybridized carbons (Fsp3) is 0.576. The molecule has 3 N–H and O–H groups in total. The molecule has 43 heavy (non-hydrogen) atoms. The highest BCUT2D eigenvalue weighted by Gasteiger charge is 2.41. The van der Waals surface area contributed by atoms with Crippen molar-refractivity contribution in [3.8, 4) is 0 Å². The molecule has 2 amide bonds. The largest absolute Gasteiger partial charge is 0.465 e. The van der Waals surface area contributed by atoms with Gasteiger partial charge in [0, 0.05) is 36.3 Å². The molecule has 3 aliphatic heterocycles. The van der Waals surface area contributed by atoms with Crippen LogP contribution in [0.5, 0.6) is 0 Å². The summed E-state index contributed by atoms with van der Waals surface area (Å²) >= 11 is 0. The van der Waals surface area contributed by atoms with E-state index < -0.39 is 18.3 Å². The zero-order valence-corrected chi connectivity index (χ0v) is 25.4. The van der Waals surface area contributed by atoms with Gasteiger partial charge in [-0.05, 0) is 75.5 Å². The van der Waals surface area contributed by atoms with E-state index >= 15 is 0 Å². The van der Waals surface area contributed by atoms with Crippen LogP contribution >= 0.6 is 0 Å². The van der Waals surface area contributed by atoms with Crippen LogP contribution in [0.15, 0.2) is 48.5 Å². The van der Waals surface area contributed by atoms with Crippen molar-refractivity contribution >= 4 is 17.7 Å². The molecule has 0 aromatic heterocycles. The van der Waals surface area contributed by atoms with Crippen molar-refractivity contribution in [3.05, 3.63) is 65.2 Å². The molecular weight excluding hydrogens is 548 g/mol. The Hall–Kier alpha value is -3.02. The SMILES string of the molecule is CCOC(=O)CNC(=O)Nc1cccc([C@@H]2O[C@H](CN3CCC[C@H]3CN3CCCC3)[C@H](C)[C@H](c3ccc(CO)cc3)O2)c1. The molecule has 10 heteroatoms. The summed E-state index contributed by atoms with van der Waals surface area (Å²) in [4.78, 5) is 29.3. The van der Waals surface area contributed by atoms with Crippen molar-refractivity contribution in [1.29, 1.82) is 0 Å². The Morgan fingerprint density at radius 1 is 1.00 bits per heavy atom. The van der Waals surface area contributed by atoms with Gasteiger partial charge >= 0.3 is 12.0 Å². The van der Waals surface area contributed by atoms with Gasteiger partial charge in [-0.1, -0.05) is 43.3 Å². The highest BCUT2D eigenvalue weighted by atomic mass is 16.7. The standard InChI is InChI=1S/C33H46N4O6/c1-3-41-30(39)19-34-33(40)35-27-9-6-8-26(18-27)32-42-29(21-37-17-7-10-28(37)20-36-15-4-5-16-36)23(2)31(43-32)25-13-11-24(22-38)12-14-25/h6,8-9,11-14,18,23,28-29,31-32,38H,3-5,7,10,15-17,19-22H2,1-2H3,(H2,34,35,40)/t23-,28-,29+,31+,32+/m0/s1. The third-order valence-electron chi connectivity index (χ3n) is 8.82. The molecular formula is C33H46N4O6. The summed E-state index contributed by atoms with van der Waals surface area (Å²) in [6.07, 6.45) is 4.11. The number of nitrogens with zero attached hydrogens (tertiary/aromatic N) is 2. The van der Waals surface area contributed by atoms with Gasteiger partial charge in [0.2, 0.25) is 0 Å². The Morgan fingerprint density at radius 3 is 2.53 bits per heavy atom. The number of esters is 1. The monoisotopic (exact) mass is 594 g/mol. The van der Waals surface area contributed by atoms with Crippen molar-refractivity contribution in [1.82, 2.24) is 15.1 Å². The topological polar surface area (TPSA) is 113 Å². The van der Waals surface area contributed by atoms with Crippen LogP contribution < -0.4 is 10.6 Å². The zero-order chi connectivity index (χ0) is 30.2. The predicted molar refractivity (Wildman–Crippen MR) is 163 cm³/mol. The fourth-order valence-corrected chi connectivity index (χ4v) is 6.47. The van der Waals surface area contributed by atoms with Gasteiger partial charge in [-0.3, -0.25) is 9.69 Å². The molecule has 3 fully saturated rings. The number of benzene rings is 2. The number of urea groups is 1. The summed E-state index contributed by atoms with van der Waals surface area (Å²) in [6.45, 7) is 9.40. The van der Waals surface area contributed by atoms with Crippen LogP contribution in [0.25, 0.3) is 0 Å². The van der Waals surface area contributed by atoms with Gasteiger partial charge in [0.1, 0.15) is 6.54 Å². The summed E-state index contributed by atoms with van der Waals surface area (Å²) in [5.41, 5.74) is 3.27. The molecule has 0 bridgehead atoms. The van der Waals surface area contributed by atoms with Crippen molar-refractivity contribution in [2.24, 2.45) is 5.92 Å². The Morgan fingerprint density at radius 2 is 1.79 bits per heavy atom. The lowest BCUT2D eigenvalue weighted by atomic mass is 9.90. The second-order valence-electron chi connectivity index (χ2n) is 11.9. The fourth-order valence-electron chi connectivity index (χ4n) is 6.47. The number of aliphatic hydroxyl groups excluding tert-OH is 1. The number of nitrogens with one attached hydrogen (secondary N) is 2. The molecule has 2 aromatic carbocycles. The van der Waals surface area contributed by atoms with Crippen LogP contribution in [0.1, 0.15) is 68.6 Å². The lowest BCUT2D eigenvalue weighted by Crippen LogP contribution is -2.48. The third kappa shape index (κ3) is 8.33. The van der Waals surface area contributed by atoms with Crippen molar-refractivity contribution in [3.63, 3.8) is 0 Å². The first-order valence-corrected chi connectivity index (χ1v) is 15.7. The minimum atomic E-state index is -0.632. The van der Waals surface area contributed by atoms with Gasteiger partial charge in [0.15, 0.2) is 6.29 Å². The number of amides is 2. The Labute approximate surface area is 254 Å². The molecule has 0 saturated carbocycles.